The molecule has 8 heteroatoms. The number of nitrogens with zero attached hydrogens (tertiary/aromatic N) is 2. The van der Waals surface area contributed by atoms with Crippen LogP contribution in [0.4, 0.5) is 4.79 Å². The second-order valence-corrected chi connectivity index (χ2v) is 9.84. The van der Waals surface area contributed by atoms with Crippen molar-refractivity contribution in [1.82, 2.24) is 9.21 Å². The van der Waals surface area contributed by atoms with Gasteiger partial charge in [0, 0.05) is 36.6 Å². The van der Waals surface area contributed by atoms with Crippen molar-refractivity contribution in [2.75, 3.05) is 26.2 Å². The highest BCUT2D eigenvalue weighted by molar-refractivity contribution is 7.89. The highest BCUT2D eigenvalue weighted by Crippen LogP contribution is 2.28. The van der Waals surface area contributed by atoms with Crippen molar-refractivity contribution in [3.63, 3.8) is 0 Å². The molecule has 27 heavy (non-hydrogen) atoms. The standard InChI is InChI=1S/C19H23ClN2O4S/c1-19(2,3)26-18(23)21-9-11-22(12-10-21)27(24,25)17-6-4-5-14-13-15(20)7-8-16(14)17/h4-8,13H,9-12H2,1-3H3. The van der Waals surface area contributed by atoms with Gasteiger partial charge < -0.3 is 9.64 Å². The summed E-state index contributed by atoms with van der Waals surface area (Å²) in [4.78, 5) is 14.0. The van der Waals surface area contributed by atoms with Crippen LogP contribution in [0.3, 0.4) is 0 Å². The summed E-state index contributed by atoms with van der Waals surface area (Å²) in [6.07, 6.45) is -0.417. The first-order chi connectivity index (χ1) is 12.6. The highest BCUT2D eigenvalue weighted by atomic mass is 35.5. The lowest BCUT2D eigenvalue weighted by Crippen LogP contribution is -2.51. The Labute approximate surface area is 164 Å². The maximum Gasteiger partial charge on any atom is 0.410 e. The van der Waals surface area contributed by atoms with Crippen LogP contribution in [0.25, 0.3) is 10.8 Å². The van der Waals surface area contributed by atoms with Crippen LogP contribution in [0.2, 0.25) is 5.02 Å². The van der Waals surface area contributed by atoms with E-state index >= 15 is 0 Å². The van der Waals surface area contributed by atoms with Gasteiger partial charge in [-0.3, -0.25) is 0 Å². The van der Waals surface area contributed by atoms with Gasteiger partial charge in [-0.15, -0.1) is 0 Å². The quantitative estimate of drug-likeness (QED) is 0.756. The van der Waals surface area contributed by atoms with Crippen LogP contribution in [0.5, 0.6) is 0 Å². The molecule has 0 saturated carbocycles. The van der Waals surface area contributed by atoms with Crippen LogP contribution in [-0.4, -0.2) is 55.5 Å². The number of rotatable bonds is 2. The Morgan fingerprint density at radius 3 is 2.37 bits per heavy atom. The van der Waals surface area contributed by atoms with E-state index < -0.39 is 21.7 Å². The summed E-state index contributed by atoms with van der Waals surface area (Å²) in [7, 11) is -3.67. The number of ether oxygens (including phenoxy) is 1. The van der Waals surface area contributed by atoms with Gasteiger partial charge in [0.1, 0.15) is 5.60 Å². The van der Waals surface area contributed by atoms with Gasteiger partial charge in [0.25, 0.3) is 0 Å². The summed E-state index contributed by atoms with van der Waals surface area (Å²) >= 11 is 6.02. The summed E-state index contributed by atoms with van der Waals surface area (Å²) < 4.78 is 33.1. The van der Waals surface area contributed by atoms with Gasteiger partial charge in [-0.05, 0) is 44.4 Å². The van der Waals surface area contributed by atoms with Crippen molar-refractivity contribution in [2.45, 2.75) is 31.3 Å². The Morgan fingerprint density at radius 1 is 1.07 bits per heavy atom. The van der Waals surface area contributed by atoms with Crippen molar-refractivity contribution >= 4 is 38.5 Å². The third-order valence-corrected chi connectivity index (χ3v) is 6.50. The molecule has 1 fully saturated rings. The van der Waals surface area contributed by atoms with Crippen LogP contribution in [0, 0.1) is 0 Å². The molecule has 2 aromatic rings. The molecule has 6 nitrogen and oxygen atoms in total. The monoisotopic (exact) mass is 410 g/mol. The van der Waals surface area contributed by atoms with Gasteiger partial charge in [0.15, 0.2) is 0 Å². The van der Waals surface area contributed by atoms with Crippen molar-refractivity contribution in [3.05, 3.63) is 41.4 Å². The number of piperazine rings is 1. The lowest BCUT2D eigenvalue weighted by molar-refractivity contribution is 0.0192. The molecule has 0 N–H and O–H groups in total. The fourth-order valence-electron chi connectivity index (χ4n) is 3.03. The van der Waals surface area contributed by atoms with E-state index in [1.165, 1.54) is 4.31 Å². The first-order valence-electron chi connectivity index (χ1n) is 8.74. The van der Waals surface area contributed by atoms with Crippen LogP contribution in [-0.2, 0) is 14.8 Å². The molecule has 1 amide bonds. The van der Waals surface area contributed by atoms with Crippen molar-refractivity contribution in [3.8, 4) is 0 Å². The molecule has 2 aromatic carbocycles. The van der Waals surface area contributed by atoms with Gasteiger partial charge in [-0.1, -0.05) is 29.8 Å². The van der Waals surface area contributed by atoms with E-state index in [2.05, 4.69) is 0 Å². The third kappa shape index (κ3) is 4.36. The van der Waals surface area contributed by atoms with Crippen LogP contribution >= 0.6 is 11.6 Å². The third-order valence-electron chi connectivity index (χ3n) is 4.31. The number of benzene rings is 2. The number of carbonyl (C=O) groups is 1. The van der Waals surface area contributed by atoms with Gasteiger partial charge in [0.05, 0.1) is 4.90 Å². The Balaban J connectivity index is 1.79. The molecule has 0 radical (unpaired) electrons. The van der Waals surface area contributed by atoms with E-state index in [9.17, 15) is 13.2 Å². The van der Waals surface area contributed by atoms with Crippen LogP contribution in [0.15, 0.2) is 41.3 Å². The minimum atomic E-state index is -3.67. The average molecular weight is 411 g/mol. The Kier molecular flexibility index (Phi) is 5.38. The van der Waals surface area contributed by atoms with Gasteiger partial charge in [0.2, 0.25) is 10.0 Å². The largest absolute Gasteiger partial charge is 0.444 e. The molecule has 0 aliphatic carbocycles. The minimum absolute atomic E-state index is 0.228. The molecule has 1 saturated heterocycles. The molecule has 1 aliphatic heterocycles. The lowest BCUT2D eigenvalue weighted by atomic mass is 10.1. The van der Waals surface area contributed by atoms with Gasteiger partial charge >= 0.3 is 6.09 Å². The Bertz CT molecular complexity index is 961. The zero-order valence-electron chi connectivity index (χ0n) is 15.6. The normalized spacial score (nSPS) is 16.5. The second-order valence-electron chi connectivity index (χ2n) is 7.49. The average Bonchev–Trinajstić information content (AvgIpc) is 2.59. The summed E-state index contributed by atoms with van der Waals surface area (Å²) in [5.41, 5.74) is -0.579. The zero-order valence-corrected chi connectivity index (χ0v) is 17.2. The number of halogens is 1. The van der Waals surface area contributed by atoms with E-state index in [4.69, 9.17) is 16.3 Å². The van der Waals surface area contributed by atoms with E-state index in [0.29, 0.717) is 23.5 Å². The lowest BCUT2D eigenvalue weighted by Gasteiger charge is -2.35. The van der Waals surface area contributed by atoms with E-state index in [1.54, 1.807) is 56.0 Å². The summed E-state index contributed by atoms with van der Waals surface area (Å²) in [6.45, 7) is 6.46. The molecule has 0 spiro atoms. The van der Waals surface area contributed by atoms with E-state index in [0.717, 1.165) is 5.39 Å². The first-order valence-corrected chi connectivity index (χ1v) is 10.6. The van der Waals surface area contributed by atoms with Gasteiger partial charge in [-0.2, -0.15) is 4.31 Å². The van der Waals surface area contributed by atoms with E-state index in [-0.39, 0.29) is 18.0 Å². The van der Waals surface area contributed by atoms with Crippen LogP contribution in [0.1, 0.15) is 20.8 Å². The fourth-order valence-corrected chi connectivity index (χ4v) is 4.84. The van der Waals surface area contributed by atoms with Crippen molar-refractivity contribution < 1.29 is 17.9 Å². The van der Waals surface area contributed by atoms with E-state index in [1.807, 2.05) is 6.07 Å². The molecule has 3 rings (SSSR count). The summed E-state index contributed by atoms with van der Waals surface area (Å²) in [5.74, 6) is 0. The number of fused-ring (bicyclic) bond motifs is 1. The van der Waals surface area contributed by atoms with Crippen molar-refractivity contribution in [1.29, 1.82) is 0 Å². The molecule has 0 unspecified atom stereocenters. The topological polar surface area (TPSA) is 66.9 Å². The Hall–Kier alpha value is -1.83. The maximum atomic E-state index is 13.1. The minimum Gasteiger partial charge on any atom is -0.444 e. The number of amides is 1. The van der Waals surface area contributed by atoms with Crippen molar-refractivity contribution in [2.24, 2.45) is 0 Å². The molecule has 0 bridgehead atoms. The fraction of sp³-hybridized carbons (Fsp3) is 0.421. The molecule has 1 aliphatic rings. The predicted octanol–water partition coefficient (Wildman–Crippen LogP) is 3.73. The number of carbonyl (C=O) groups excluding carboxylic acids is 1. The molecule has 146 valence electrons. The first kappa shape index (κ1) is 19.9. The maximum absolute atomic E-state index is 13.1. The highest BCUT2D eigenvalue weighted by Gasteiger charge is 2.32. The van der Waals surface area contributed by atoms with Gasteiger partial charge in [-0.25, -0.2) is 13.2 Å². The molecular formula is C19H23ClN2O4S. The smallest absolute Gasteiger partial charge is 0.410 e. The second kappa shape index (κ2) is 7.30. The van der Waals surface area contributed by atoms with Crippen LogP contribution < -0.4 is 0 Å². The zero-order chi connectivity index (χ0) is 19.8. The number of hydrogen-bond acceptors (Lipinski definition) is 4. The molecule has 0 atom stereocenters. The number of hydrogen-bond donors (Lipinski definition) is 0. The molecule has 1 heterocycles. The Morgan fingerprint density at radius 2 is 1.74 bits per heavy atom. The molecule has 0 aromatic heterocycles. The number of sulfonamides is 1. The summed E-state index contributed by atoms with van der Waals surface area (Å²) in [5, 5.41) is 1.97. The SMILES string of the molecule is CC(C)(C)OC(=O)N1CCN(S(=O)(=O)c2cccc3cc(Cl)ccc23)CC1. The summed E-state index contributed by atoms with van der Waals surface area (Å²) in [6, 6.07) is 10.3. The molecular weight excluding hydrogens is 388 g/mol. The predicted molar refractivity (Wildman–Crippen MR) is 106 cm³/mol.